The number of likely N-dealkylation sites (tertiary alicyclic amines) is 1. The molecule has 1 saturated carbocycles. The van der Waals surface area contributed by atoms with Crippen molar-refractivity contribution >= 4 is 40.4 Å². The number of carbonyl (C=O) groups excluding carboxylic acids is 2. The van der Waals surface area contributed by atoms with Crippen molar-refractivity contribution in [2.45, 2.75) is 88.9 Å². The van der Waals surface area contributed by atoms with Gasteiger partial charge in [0.2, 0.25) is 5.91 Å². The van der Waals surface area contributed by atoms with Crippen molar-refractivity contribution in [3.05, 3.63) is 30.3 Å². The molecule has 1 N–H and O–H groups in total. The summed E-state index contributed by atoms with van der Waals surface area (Å²) in [5.41, 5.74) is 2.25. The van der Waals surface area contributed by atoms with Crippen molar-refractivity contribution in [3.8, 4) is 23.0 Å². The van der Waals surface area contributed by atoms with Crippen molar-refractivity contribution in [2.24, 2.45) is 0 Å². The Bertz CT molecular complexity index is 1560. The number of anilines is 1. The molecule has 2 saturated heterocycles. The van der Waals surface area contributed by atoms with Gasteiger partial charge < -0.3 is 29.2 Å². The van der Waals surface area contributed by atoms with E-state index in [-0.39, 0.29) is 24.8 Å². The molecule has 2 atom stereocenters. The Morgan fingerprint density at radius 3 is 2.67 bits per heavy atom. The molecule has 3 aromatic rings. The minimum atomic E-state index is -0.792. The summed E-state index contributed by atoms with van der Waals surface area (Å²) in [4.78, 5) is 33.0. The number of amides is 2. The Morgan fingerprint density at radius 2 is 1.98 bits per heavy atom. The molecule has 0 spiro atoms. The van der Waals surface area contributed by atoms with Gasteiger partial charge in [0.1, 0.15) is 16.0 Å². The van der Waals surface area contributed by atoms with Gasteiger partial charge in [0.15, 0.2) is 12.0 Å². The molecule has 1 unspecified atom stereocenters. The third kappa shape index (κ3) is 6.86. The lowest BCUT2D eigenvalue weighted by Crippen LogP contribution is -2.44. The number of hydrogen-bond donors (Lipinski definition) is 1. The van der Waals surface area contributed by atoms with E-state index in [9.17, 15) is 9.59 Å². The van der Waals surface area contributed by atoms with Crippen LogP contribution in [-0.2, 0) is 14.3 Å². The number of rotatable bonds is 9. The smallest absolute Gasteiger partial charge is 0.410 e. The van der Waals surface area contributed by atoms with Gasteiger partial charge in [-0.1, -0.05) is 0 Å². The molecule has 45 heavy (non-hydrogen) atoms. The highest BCUT2D eigenvalue weighted by atomic mass is 32.2. The number of nitrogens with one attached hydrogen (secondary N) is 1. The number of carbonyl (C=O) groups is 2. The molecule has 6 rings (SSSR count). The number of benzene rings is 1. The zero-order valence-electron chi connectivity index (χ0n) is 26.8. The minimum Gasteiger partial charge on any atom is -0.485 e. The van der Waals surface area contributed by atoms with Crippen LogP contribution < -0.4 is 14.8 Å². The van der Waals surface area contributed by atoms with E-state index >= 15 is 0 Å². The van der Waals surface area contributed by atoms with Crippen LogP contribution in [0.2, 0.25) is 0 Å². The van der Waals surface area contributed by atoms with Crippen LogP contribution in [-0.4, -0.2) is 80.7 Å². The third-order valence-corrected chi connectivity index (χ3v) is 9.55. The number of aromatic nitrogens is 3. The lowest BCUT2D eigenvalue weighted by Gasteiger charge is -2.28. The lowest BCUT2D eigenvalue weighted by molar-refractivity contribution is -0.118. The molecule has 242 valence electrons. The summed E-state index contributed by atoms with van der Waals surface area (Å²) in [5.74, 6) is 0.929. The fourth-order valence-electron chi connectivity index (χ4n) is 5.75. The van der Waals surface area contributed by atoms with Crippen LogP contribution in [0, 0.1) is 0 Å². The van der Waals surface area contributed by atoms with Crippen molar-refractivity contribution in [1.29, 1.82) is 0 Å². The zero-order chi connectivity index (χ0) is 31.8. The Balaban J connectivity index is 1.31. The van der Waals surface area contributed by atoms with Crippen LogP contribution in [0.1, 0.15) is 72.4 Å². The van der Waals surface area contributed by atoms with Gasteiger partial charge in [0, 0.05) is 30.8 Å². The van der Waals surface area contributed by atoms with Gasteiger partial charge >= 0.3 is 6.09 Å². The van der Waals surface area contributed by atoms with E-state index in [1.54, 1.807) is 4.90 Å². The Morgan fingerprint density at radius 1 is 1.16 bits per heavy atom. The standard InChI is InChI=1S/C33H43N5O6S/c1-6-41-29-26(43-22-11-12-22)15-13-24(35-29)28-23-19-21(10-14-25(23)38(36-28)27-9-7-8-18-42-27)34-30(39)33(45-5)16-17-37(20-33)31(40)44-32(2,3)4/h10,13-15,19,22,27H,6-9,11-12,16-18,20H2,1-5H3,(H,34,39)/t27?,33-/m0/s1. The van der Waals surface area contributed by atoms with Crippen LogP contribution in [0.5, 0.6) is 11.6 Å². The molecule has 2 aliphatic heterocycles. The Hall–Kier alpha value is -3.51. The van der Waals surface area contributed by atoms with Gasteiger partial charge in [-0.05, 0) is 103 Å². The maximum Gasteiger partial charge on any atom is 0.410 e. The van der Waals surface area contributed by atoms with Crippen LogP contribution in [0.15, 0.2) is 30.3 Å². The predicted octanol–water partition coefficient (Wildman–Crippen LogP) is 6.42. The summed E-state index contributed by atoms with van der Waals surface area (Å²) in [5, 5.41) is 9.01. The first-order chi connectivity index (χ1) is 21.6. The SMILES string of the molecule is CCOc1nc(-c2nn(C3CCCCO3)c3ccc(NC(=O)[C@]4(SC)CCN(C(=O)OC(C)(C)C)C4)cc23)ccc1OC1CC1. The van der Waals surface area contributed by atoms with Gasteiger partial charge in [0.25, 0.3) is 5.88 Å². The van der Waals surface area contributed by atoms with Gasteiger partial charge in [-0.25, -0.2) is 14.5 Å². The van der Waals surface area contributed by atoms with E-state index in [1.165, 1.54) is 11.8 Å². The van der Waals surface area contributed by atoms with E-state index < -0.39 is 16.4 Å². The minimum absolute atomic E-state index is 0.150. The summed E-state index contributed by atoms with van der Waals surface area (Å²) >= 11 is 1.46. The molecule has 3 aliphatic rings. The molecular formula is C33H43N5O6S. The second-order valence-electron chi connectivity index (χ2n) is 12.9. The summed E-state index contributed by atoms with van der Waals surface area (Å²) in [6, 6.07) is 9.62. The zero-order valence-corrected chi connectivity index (χ0v) is 27.6. The van der Waals surface area contributed by atoms with Gasteiger partial charge in [-0.2, -0.15) is 5.10 Å². The molecule has 2 amide bonds. The van der Waals surface area contributed by atoms with Crippen molar-refractivity contribution in [3.63, 3.8) is 0 Å². The van der Waals surface area contributed by atoms with Crippen LogP contribution in [0.3, 0.4) is 0 Å². The number of nitrogens with zero attached hydrogens (tertiary/aromatic N) is 4. The fraction of sp³-hybridized carbons (Fsp3) is 0.576. The van der Waals surface area contributed by atoms with E-state index in [2.05, 4.69) is 5.32 Å². The molecule has 0 bridgehead atoms. The summed E-state index contributed by atoms with van der Waals surface area (Å²) in [6.45, 7) is 9.32. The largest absolute Gasteiger partial charge is 0.485 e. The Kier molecular flexibility index (Phi) is 8.89. The molecule has 11 nitrogen and oxygen atoms in total. The molecule has 2 aromatic heterocycles. The van der Waals surface area contributed by atoms with E-state index in [1.807, 2.05) is 69.0 Å². The van der Waals surface area contributed by atoms with Crippen molar-refractivity contribution in [1.82, 2.24) is 19.7 Å². The highest BCUT2D eigenvalue weighted by Gasteiger charge is 2.46. The van der Waals surface area contributed by atoms with Crippen LogP contribution in [0.4, 0.5) is 10.5 Å². The molecule has 0 radical (unpaired) electrons. The van der Waals surface area contributed by atoms with E-state index in [4.69, 9.17) is 29.0 Å². The topological polar surface area (TPSA) is 117 Å². The molecule has 3 fully saturated rings. The first kappa shape index (κ1) is 31.5. The highest BCUT2D eigenvalue weighted by Crippen LogP contribution is 2.39. The number of thioether (sulfide) groups is 1. The Labute approximate surface area is 268 Å². The molecule has 12 heteroatoms. The van der Waals surface area contributed by atoms with Crippen LogP contribution >= 0.6 is 11.8 Å². The number of ether oxygens (including phenoxy) is 4. The van der Waals surface area contributed by atoms with E-state index in [0.717, 1.165) is 43.0 Å². The summed E-state index contributed by atoms with van der Waals surface area (Å²) in [6.07, 6.45) is 7.10. The predicted molar refractivity (Wildman–Crippen MR) is 174 cm³/mol. The number of hydrogen-bond acceptors (Lipinski definition) is 9. The maximum absolute atomic E-state index is 13.8. The van der Waals surface area contributed by atoms with Gasteiger partial charge in [-0.15, -0.1) is 11.8 Å². The highest BCUT2D eigenvalue weighted by molar-refractivity contribution is 8.00. The summed E-state index contributed by atoms with van der Waals surface area (Å²) < 4.78 is 24.8. The average molecular weight is 638 g/mol. The summed E-state index contributed by atoms with van der Waals surface area (Å²) in [7, 11) is 0. The fourth-order valence-corrected chi connectivity index (χ4v) is 6.57. The van der Waals surface area contributed by atoms with E-state index in [0.29, 0.717) is 54.9 Å². The lowest BCUT2D eigenvalue weighted by atomic mass is 10.1. The van der Waals surface area contributed by atoms with Gasteiger partial charge in [-0.3, -0.25) is 4.79 Å². The second-order valence-corrected chi connectivity index (χ2v) is 14.1. The number of fused-ring (bicyclic) bond motifs is 1. The van der Waals surface area contributed by atoms with Crippen molar-refractivity contribution in [2.75, 3.05) is 37.9 Å². The second kappa shape index (κ2) is 12.7. The molecular weight excluding hydrogens is 594 g/mol. The van der Waals surface area contributed by atoms with Crippen molar-refractivity contribution < 1.29 is 28.5 Å². The maximum atomic E-state index is 13.8. The monoisotopic (exact) mass is 637 g/mol. The normalized spacial score (nSPS) is 22.0. The first-order valence-electron chi connectivity index (χ1n) is 15.9. The first-order valence-corrected chi connectivity index (χ1v) is 17.1. The molecule has 1 aromatic carbocycles. The number of pyridine rings is 1. The third-order valence-electron chi connectivity index (χ3n) is 8.25. The average Bonchev–Trinajstić information content (AvgIpc) is 3.58. The van der Waals surface area contributed by atoms with Crippen LogP contribution in [0.25, 0.3) is 22.3 Å². The quantitative estimate of drug-likeness (QED) is 0.284. The molecule has 1 aliphatic carbocycles. The molecule has 4 heterocycles. The van der Waals surface area contributed by atoms with Gasteiger partial charge in [0.05, 0.1) is 23.9 Å².